The lowest BCUT2D eigenvalue weighted by molar-refractivity contribution is -0.153. The van der Waals surface area contributed by atoms with Crippen LogP contribution >= 0.6 is 11.6 Å². The van der Waals surface area contributed by atoms with Gasteiger partial charge in [0.2, 0.25) is 5.28 Å². The van der Waals surface area contributed by atoms with Gasteiger partial charge in [-0.3, -0.25) is 15.1 Å². The zero-order valence-electron chi connectivity index (χ0n) is 17.8. The number of hydrogen-bond donors (Lipinski definition) is 3. The number of ether oxygens (including phenoxy) is 3. The number of hydrogen-bond acceptors (Lipinski definition) is 10. The van der Waals surface area contributed by atoms with E-state index in [1.54, 1.807) is 0 Å². The molecule has 1 aliphatic carbocycles. The summed E-state index contributed by atoms with van der Waals surface area (Å²) in [5, 5.41) is 24.6. The van der Waals surface area contributed by atoms with Gasteiger partial charge in [0.25, 0.3) is 5.91 Å². The molecule has 33 heavy (non-hydrogen) atoms. The standard InChI is InChI=1S/C20H26ClN6O6/c21-19-25-15(24-10-3-6-31-7-10)12-16(26-19)27(9-23-12)17-14(29)13(28)11(33-17)8-32-20(18(22)30)4-1-2-5-20/h9-11,13-14,17,22,28-29H,1-8H2,(H,24,25,26)/t10-,11-,13+,14-,17-/m1/s1. The highest BCUT2D eigenvalue weighted by Crippen LogP contribution is 2.37. The van der Waals surface area contributed by atoms with Crippen LogP contribution in [-0.2, 0) is 19.0 Å². The second kappa shape index (κ2) is 8.93. The molecule has 2 aromatic rings. The molecule has 0 spiro atoms. The van der Waals surface area contributed by atoms with Gasteiger partial charge in [0, 0.05) is 6.61 Å². The van der Waals surface area contributed by atoms with Gasteiger partial charge in [0.15, 0.2) is 23.2 Å². The number of aromatic nitrogens is 4. The smallest absolute Gasteiger partial charge is 0.270 e. The molecular weight excluding hydrogens is 456 g/mol. The number of amides is 1. The number of aliphatic hydroxyl groups is 2. The Labute approximate surface area is 194 Å². The lowest BCUT2D eigenvalue weighted by Gasteiger charge is -2.27. The van der Waals surface area contributed by atoms with E-state index in [4.69, 9.17) is 31.5 Å². The Morgan fingerprint density at radius 2 is 2.12 bits per heavy atom. The van der Waals surface area contributed by atoms with Crippen LogP contribution in [0.1, 0.15) is 38.3 Å². The molecule has 0 aromatic carbocycles. The van der Waals surface area contributed by atoms with Crippen LogP contribution in [0.2, 0.25) is 5.28 Å². The minimum Gasteiger partial charge on any atom is -0.387 e. The van der Waals surface area contributed by atoms with Crippen molar-refractivity contribution in [3.05, 3.63) is 11.6 Å². The van der Waals surface area contributed by atoms with E-state index in [0.717, 1.165) is 19.3 Å². The Balaban J connectivity index is 1.36. The summed E-state index contributed by atoms with van der Waals surface area (Å²) < 4.78 is 18.6. The van der Waals surface area contributed by atoms with Crippen molar-refractivity contribution < 1.29 is 29.2 Å². The molecule has 0 unspecified atom stereocenters. The molecular formula is C20H26ClN6O6. The number of carbonyl (C=O) groups excluding carboxylic acids is 1. The summed E-state index contributed by atoms with van der Waals surface area (Å²) in [7, 11) is 0. The number of anilines is 1. The average molecular weight is 482 g/mol. The number of nitrogens with one attached hydrogen (secondary N) is 2. The van der Waals surface area contributed by atoms with Crippen LogP contribution in [0.4, 0.5) is 5.82 Å². The maximum atomic E-state index is 11.8. The highest BCUT2D eigenvalue weighted by Gasteiger charge is 2.47. The largest absolute Gasteiger partial charge is 0.387 e. The Hall–Kier alpha value is -2.09. The maximum Gasteiger partial charge on any atom is 0.270 e. The summed E-state index contributed by atoms with van der Waals surface area (Å²) in [6.45, 7) is 1.07. The van der Waals surface area contributed by atoms with Gasteiger partial charge in [-0.05, 0) is 43.7 Å². The van der Waals surface area contributed by atoms with Gasteiger partial charge in [-0.15, -0.1) is 0 Å². The number of halogens is 1. The molecule has 5 atom stereocenters. The van der Waals surface area contributed by atoms with Crippen molar-refractivity contribution in [3.63, 3.8) is 0 Å². The number of fused-ring (bicyclic) bond motifs is 1. The molecule has 179 valence electrons. The highest BCUT2D eigenvalue weighted by atomic mass is 35.5. The molecule has 2 aliphatic heterocycles. The van der Waals surface area contributed by atoms with Crippen molar-refractivity contribution in [3.8, 4) is 0 Å². The van der Waals surface area contributed by atoms with Crippen LogP contribution in [0, 0.1) is 0 Å². The van der Waals surface area contributed by atoms with Gasteiger partial charge in [-0.2, -0.15) is 9.97 Å². The summed E-state index contributed by atoms with van der Waals surface area (Å²) >= 11 is 6.15. The Morgan fingerprint density at radius 1 is 1.33 bits per heavy atom. The Kier molecular flexibility index (Phi) is 6.14. The first-order chi connectivity index (χ1) is 15.9. The summed E-state index contributed by atoms with van der Waals surface area (Å²) in [6, 6.07) is 0.0728. The van der Waals surface area contributed by atoms with E-state index >= 15 is 0 Å². The predicted octanol–water partition coefficient (Wildman–Crippen LogP) is 0.439. The minimum atomic E-state index is -1.30. The number of rotatable bonds is 7. The van der Waals surface area contributed by atoms with E-state index in [0.29, 0.717) is 43.0 Å². The molecule has 5 rings (SSSR count). The van der Waals surface area contributed by atoms with Crippen molar-refractivity contribution in [1.82, 2.24) is 25.3 Å². The van der Waals surface area contributed by atoms with Gasteiger partial charge >= 0.3 is 0 Å². The molecule has 3 aliphatic rings. The van der Waals surface area contributed by atoms with Gasteiger partial charge in [0.05, 0.1) is 25.6 Å². The van der Waals surface area contributed by atoms with E-state index in [1.165, 1.54) is 10.9 Å². The van der Waals surface area contributed by atoms with Crippen molar-refractivity contribution >= 4 is 34.5 Å². The highest BCUT2D eigenvalue weighted by molar-refractivity contribution is 6.28. The lowest BCUT2D eigenvalue weighted by atomic mass is 10.0. The van der Waals surface area contributed by atoms with Gasteiger partial charge < -0.3 is 29.7 Å². The van der Waals surface area contributed by atoms with Crippen molar-refractivity contribution in [2.75, 3.05) is 25.1 Å². The first-order valence-corrected chi connectivity index (χ1v) is 11.4. The molecule has 0 bridgehead atoms. The number of aliphatic hydroxyl groups excluding tert-OH is 2. The minimum absolute atomic E-state index is 0.00397. The van der Waals surface area contributed by atoms with Crippen LogP contribution in [0.5, 0.6) is 0 Å². The molecule has 13 heteroatoms. The maximum absolute atomic E-state index is 11.8. The van der Waals surface area contributed by atoms with Gasteiger partial charge in [-0.25, -0.2) is 4.98 Å². The molecule has 3 fully saturated rings. The van der Waals surface area contributed by atoms with Crippen LogP contribution < -0.4 is 11.1 Å². The predicted molar refractivity (Wildman–Crippen MR) is 114 cm³/mol. The first kappa shape index (κ1) is 22.7. The fourth-order valence-corrected chi connectivity index (χ4v) is 4.90. The molecule has 12 nitrogen and oxygen atoms in total. The summed E-state index contributed by atoms with van der Waals surface area (Å²) in [6.07, 6.45) is 0.340. The number of nitrogens with zero attached hydrogens (tertiary/aromatic N) is 4. The topological polar surface area (TPSA) is 165 Å². The van der Waals surface area contributed by atoms with E-state index in [-0.39, 0.29) is 17.9 Å². The third-order valence-corrected chi connectivity index (χ3v) is 6.79. The van der Waals surface area contributed by atoms with Crippen LogP contribution in [0.3, 0.4) is 0 Å². The zero-order valence-corrected chi connectivity index (χ0v) is 18.6. The molecule has 2 aromatic heterocycles. The average Bonchev–Trinajstić information content (AvgIpc) is 3.57. The van der Waals surface area contributed by atoms with E-state index in [1.807, 2.05) is 0 Å². The fraction of sp³-hybridized carbons (Fsp3) is 0.700. The second-order valence-corrected chi connectivity index (χ2v) is 9.10. The molecule has 2 saturated heterocycles. The van der Waals surface area contributed by atoms with E-state index < -0.39 is 36.0 Å². The van der Waals surface area contributed by atoms with Gasteiger partial charge in [-0.1, -0.05) is 0 Å². The lowest BCUT2D eigenvalue weighted by Crippen LogP contribution is -2.43. The summed E-state index contributed by atoms with van der Waals surface area (Å²) in [4.78, 5) is 24.7. The summed E-state index contributed by atoms with van der Waals surface area (Å²) in [5.74, 6) is -0.325. The van der Waals surface area contributed by atoms with Gasteiger partial charge in [0.1, 0.15) is 23.9 Å². The monoisotopic (exact) mass is 481 g/mol. The van der Waals surface area contributed by atoms with Crippen LogP contribution in [0.15, 0.2) is 6.33 Å². The van der Waals surface area contributed by atoms with Crippen LogP contribution in [-0.4, -0.2) is 85.4 Å². The van der Waals surface area contributed by atoms with E-state index in [2.05, 4.69) is 20.3 Å². The summed E-state index contributed by atoms with van der Waals surface area (Å²) in [5.41, 5.74) is 7.20. The van der Waals surface area contributed by atoms with Crippen molar-refractivity contribution in [2.24, 2.45) is 0 Å². The normalized spacial score (nSPS) is 31.4. The molecule has 1 amide bonds. The second-order valence-electron chi connectivity index (χ2n) is 8.76. The number of carbonyl (C=O) groups is 1. The zero-order chi connectivity index (χ0) is 23.2. The fourth-order valence-electron chi connectivity index (χ4n) is 4.74. The SMILES string of the molecule is [NH]C(=O)C1(OC[C@H]2O[C@@H](n3cnc4c(N[C@@H]5CCOC5)nc(Cl)nc43)[C@H](O)[C@H]2O)CCCC1. The Morgan fingerprint density at radius 3 is 2.82 bits per heavy atom. The van der Waals surface area contributed by atoms with Crippen LogP contribution in [0.25, 0.3) is 11.2 Å². The molecule has 1 saturated carbocycles. The number of imidazole rings is 1. The molecule has 4 heterocycles. The molecule has 4 N–H and O–H groups in total. The van der Waals surface area contributed by atoms with Crippen molar-refractivity contribution in [2.45, 2.75) is 68.3 Å². The third kappa shape index (κ3) is 4.15. The van der Waals surface area contributed by atoms with E-state index in [9.17, 15) is 15.0 Å². The Bertz CT molecular complexity index is 1020. The third-order valence-electron chi connectivity index (χ3n) is 6.62. The first-order valence-electron chi connectivity index (χ1n) is 11.0. The molecule has 1 radical (unpaired) electrons. The van der Waals surface area contributed by atoms with Crippen molar-refractivity contribution in [1.29, 1.82) is 0 Å². The quantitative estimate of drug-likeness (QED) is 0.472.